The Labute approximate surface area is 174 Å². The summed E-state index contributed by atoms with van der Waals surface area (Å²) in [5.74, 6) is -1.32. The highest BCUT2D eigenvalue weighted by atomic mass is 32.2. The number of hydrogen-bond acceptors (Lipinski definition) is 7. The van der Waals surface area contributed by atoms with Crippen LogP contribution in [0.25, 0.3) is 0 Å². The first-order chi connectivity index (χ1) is 14.3. The number of hydrogen-bond donors (Lipinski definition) is 2. The van der Waals surface area contributed by atoms with Gasteiger partial charge in [0.2, 0.25) is 10.0 Å². The highest BCUT2D eigenvalue weighted by Gasteiger charge is 2.27. The minimum Gasteiger partial charge on any atom is -0.508 e. The molecule has 0 aromatic heterocycles. The van der Waals surface area contributed by atoms with Gasteiger partial charge in [0, 0.05) is 18.8 Å². The number of aromatic hydroxyl groups is 1. The predicted molar refractivity (Wildman–Crippen MR) is 108 cm³/mol. The molecule has 160 valence electrons. The molecular formula is C20H22N2O7S. The number of phenolic OH excluding ortho intramolecular Hbond substituents is 1. The Bertz CT molecular complexity index is 1030. The number of amides is 1. The van der Waals surface area contributed by atoms with Crippen molar-refractivity contribution in [2.75, 3.05) is 38.2 Å². The van der Waals surface area contributed by atoms with E-state index in [-0.39, 0.29) is 29.3 Å². The summed E-state index contributed by atoms with van der Waals surface area (Å²) in [4.78, 5) is 24.2. The molecule has 2 aromatic carbocycles. The van der Waals surface area contributed by atoms with Gasteiger partial charge in [-0.15, -0.1) is 0 Å². The third-order valence-corrected chi connectivity index (χ3v) is 6.42. The van der Waals surface area contributed by atoms with Crippen LogP contribution in [0.1, 0.15) is 15.9 Å². The smallest absolute Gasteiger partial charge is 0.338 e. The van der Waals surface area contributed by atoms with Gasteiger partial charge in [0.05, 0.1) is 23.7 Å². The molecule has 0 spiro atoms. The summed E-state index contributed by atoms with van der Waals surface area (Å²) in [5.41, 5.74) is 1.17. The second-order valence-electron chi connectivity index (χ2n) is 6.66. The van der Waals surface area contributed by atoms with Gasteiger partial charge in [0.25, 0.3) is 5.91 Å². The minimum atomic E-state index is -3.71. The summed E-state index contributed by atoms with van der Waals surface area (Å²) in [6, 6.07) is 9.89. The van der Waals surface area contributed by atoms with Crippen LogP contribution in [0.5, 0.6) is 5.75 Å². The van der Waals surface area contributed by atoms with E-state index >= 15 is 0 Å². The molecule has 0 radical (unpaired) electrons. The third kappa shape index (κ3) is 5.15. The first-order valence-electron chi connectivity index (χ1n) is 9.22. The largest absolute Gasteiger partial charge is 0.508 e. The molecule has 2 aromatic rings. The number of esters is 1. The first-order valence-corrected chi connectivity index (χ1v) is 10.7. The van der Waals surface area contributed by atoms with Crippen molar-refractivity contribution in [1.29, 1.82) is 0 Å². The predicted octanol–water partition coefficient (Wildman–Crippen LogP) is 1.52. The van der Waals surface area contributed by atoms with Crippen molar-refractivity contribution in [3.63, 3.8) is 0 Å². The number of nitrogens with zero attached hydrogens (tertiary/aromatic N) is 1. The molecule has 1 amide bonds. The topological polar surface area (TPSA) is 122 Å². The van der Waals surface area contributed by atoms with Gasteiger partial charge in [0.15, 0.2) is 6.61 Å². The molecule has 0 bridgehead atoms. The quantitative estimate of drug-likeness (QED) is 0.661. The number of aryl methyl sites for hydroxylation is 1. The fraction of sp³-hybridized carbons (Fsp3) is 0.300. The van der Waals surface area contributed by atoms with E-state index in [1.165, 1.54) is 40.7 Å². The maximum absolute atomic E-state index is 12.8. The van der Waals surface area contributed by atoms with Gasteiger partial charge in [-0.1, -0.05) is 6.07 Å². The molecule has 1 heterocycles. The van der Waals surface area contributed by atoms with Gasteiger partial charge in [-0.2, -0.15) is 4.31 Å². The minimum absolute atomic E-state index is 0.00619. The lowest BCUT2D eigenvalue weighted by atomic mass is 10.2. The lowest BCUT2D eigenvalue weighted by Crippen LogP contribution is -2.40. The van der Waals surface area contributed by atoms with Crippen LogP contribution in [0.4, 0.5) is 5.69 Å². The van der Waals surface area contributed by atoms with Crippen molar-refractivity contribution in [2.45, 2.75) is 11.8 Å². The van der Waals surface area contributed by atoms with Crippen LogP contribution < -0.4 is 5.32 Å². The maximum atomic E-state index is 12.8. The van der Waals surface area contributed by atoms with Crippen LogP contribution in [0.3, 0.4) is 0 Å². The van der Waals surface area contributed by atoms with E-state index in [0.717, 1.165) is 0 Å². The number of benzene rings is 2. The van der Waals surface area contributed by atoms with Crippen LogP contribution >= 0.6 is 0 Å². The Balaban J connectivity index is 1.65. The molecule has 30 heavy (non-hydrogen) atoms. The van der Waals surface area contributed by atoms with E-state index in [0.29, 0.717) is 24.5 Å². The van der Waals surface area contributed by atoms with Crippen molar-refractivity contribution in [3.8, 4) is 5.75 Å². The Morgan fingerprint density at radius 2 is 1.80 bits per heavy atom. The molecule has 3 rings (SSSR count). The zero-order chi connectivity index (χ0) is 21.7. The number of carbonyl (C=O) groups is 2. The number of phenols is 1. The van der Waals surface area contributed by atoms with Crippen LogP contribution in [-0.4, -0.2) is 62.6 Å². The SMILES string of the molecule is Cc1ccc(S(=O)(=O)N2CCOCC2)cc1NC(=O)COC(=O)c1ccc(O)cc1. The van der Waals surface area contributed by atoms with Crippen molar-refractivity contribution in [1.82, 2.24) is 4.31 Å². The van der Waals surface area contributed by atoms with Crippen LogP contribution in [-0.2, 0) is 24.3 Å². The van der Waals surface area contributed by atoms with E-state index < -0.39 is 28.5 Å². The molecule has 0 aliphatic carbocycles. The van der Waals surface area contributed by atoms with Crippen LogP contribution in [0.2, 0.25) is 0 Å². The number of anilines is 1. The molecule has 1 aliphatic heterocycles. The van der Waals surface area contributed by atoms with Gasteiger partial charge in [-0.05, 0) is 48.9 Å². The second kappa shape index (κ2) is 9.24. The highest BCUT2D eigenvalue weighted by Crippen LogP contribution is 2.23. The molecule has 2 N–H and O–H groups in total. The van der Waals surface area contributed by atoms with Gasteiger partial charge in [0.1, 0.15) is 5.75 Å². The summed E-state index contributed by atoms with van der Waals surface area (Å²) >= 11 is 0. The lowest BCUT2D eigenvalue weighted by Gasteiger charge is -2.26. The Hall–Kier alpha value is -2.95. The summed E-state index contributed by atoms with van der Waals surface area (Å²) in [7, 11) is -3.71. The Kier molecular flexibility index (Phi) is 6.70. The number of ether oxygens (including phenoxy) is 2. The van der Waals surface area contributed by atoms with E-state index in [2.05, 4.69) is 5.32 Å². The van der Waals surface area contributed by atoms with Crippen molar-refractivity contribution in [2.24, 2.45) is 0 Å². The van der Waals surface area contributed by atoms with Crippen molar-refractivity contribution >= 4 is 27.6 Å². The number of carbonyl (C=O) groups excluding carboxylic acids is 2. The molecule has 9 nitrogen and oxygen atoms in total. The number of rotatable bonds is 6. The fourth-order valence-corrected chi connectivity index (χ4v) is 4.27. The van der Waals surface area contributed by atoms with E-state index in [1.807, 2.05) is 0 Å². The average Bonchev–Trinajstić information content (AvgIpc) is 2.74. The molecule has 1 aliphatic rings. The monoisotopic (exact) mass is 434 g/mol. The van der Waals surface area contributed by atoms with Crippen LogP contribution in [0.15, 0.2) is 47.4 Å². The molecule has 0 unspecified atom stereocenters. The molecule has 1 fully saturated rings. The zero-order valence-electron chi connectivity index (χ0n) is 16.3. The van der Waals surface area contributed by atoms with E-state index in [1.54, 1.807) is 13.0 Å². The molecule has 0 saturated carbocycles. The normalized spacial score (nSPS) is 14.8. The number of morpholine rings is 1. The standard InChI is InChI=1S/C20H22N2O7S/c1-14-2-7-17(30(26,27)22-8-10-28-11-9-22)12-18(14)21-19(24)13-29-20(25)15-3-5-16(23)6-4-15/h2-7,12,23H,8-11,13H2,1H3,(H,21,24). The lowest BCUT2D eigenvalue weighted by molar-refractivity contribution is -0.119. The summed E-state index contributed by atoms with van der Waals surface area (Å²) < 4.78 is 37.1. The Morgan fingerprint density at radius 1 is 1.13 bits per heavy atom. The van der Waals surface area contributed by atoms with Gasteiger partial charge in [-0.3, -0.25) is 4.79 Å². The van der Waals surface area contributed by atoms with Crippen molar-refractivity contribution in [3.05, 3.63) is 53.6 Å². The van der Waals surface area contributed by atoms with Crippen molar-refractivity contribution < 1.29 is 32.6 Å². The van der Waals surface area contributed by atoms with Crippen LogP contribution in [0, 0.1) is 6.92 Å². The maximum Gasteiger partial charge on any atom is 0.338 e. The number of nitrogens with one attached hydrogen (secondary N) is 1. The zero-order valence-corrected chi connectivity index (χ0v) is 17.1. The average molecular weight is 434 g/mol. The third-order valence-electron chi connectivity index (χ3n) is 4.53. The Morgan fingerprint density at radius 3 is 2.47 bits per heavy atom. The second-order valence-corrected chi connectivity index (χ2v) is 8.60. The summed E-state index contributed by atoms with van der Waals surface area (Å²) in [5, 5.41) is 11.8. The molecule has 10 heteroatoms. The molecule has 0 atom stereocenters. The fourth-order valence-electron chi connectivity index (χ4n) is 2.83. The van der Waals surface area contributed by atoms with Gasteiger partial charge in [-0.25, -0.2) is 13.2 Å². The molecule has 1 saturated heterocycles. The summed E-state index contributed by atoms with van der Waals surface area (Å²) in [6.45, 7) is 2.39. The number of sulfonamides is 1. The summed E-state index contributed by atoms with van der Waals surface area (Å²) in [6.07, 6.45) is 0. The molecular weight excluding hydrogens is 412 g/mol. The van der Waals surface area contributed by atoms with Gasteiger partial charge < -0.3 is 19.9 Å². The van der Waals surface area contributed by atoms with Gasteiger partial charge >= 0.3 is 5.97 Å². The first kappa shape index (κ1) is 21.8. The van der Waals surface area contributed by atoms with E-state index in [9.17, 15) is 23.1 Å². The highest BCUT2D eigenvalue weighted by molar-refractivity contribution is 7.89. The van der Waals surface area contributed by atoms with E-state index in [4.69, 9.17) is 9.47 Å².